The van der Waals surface area contributed by atoms with Gasteiger partial charge in [0.1, 0.15) is 16.6 Å². The molecule has 0 atom stereocenters. The van der Waals surface area contributed by atoms with Crippen LogP contribution in [-0.4, -0.2) is 56.3 Å². The summed E-state index contributed by atoms with van der Waals surface area (Å²) in [7, 11) is -3.46. The molecule has 0 saturated carbocycles. The van der Waals surface area contributed by atoms with E-state index in [1.165, 1.54) is 21.7 Å². The number of piperazine rings is 1. The van der Waals surface area contributed by atoms with Gasteiger partial charge in [0.2, 0.25) is 5.91 Å². The lowest BCUT2D eigenvalue weighted by Crippen LogP contribution is -2.50. The van der Waals surface area contributed by atoms with Crippen LogP contribution in [0.2, 0.25) is 0 Å². The minimum Gasteiger partial charge on any atom is -0.490 e. The fourth-order valence-electron chi connectivity index (χ4n) is 2.79. The van der Waals surface area contributed by atoms with Gasteiger partial charge >= 0.3 is 0 Å². The van der Waals surface area contributed by atoms with Crippen molar-refractivity contribution in [3.05, 3.63) is 66.1 Å². The predicted octanol–water partition coefficient (Wildman–Crippen LogP) is 2.86. The smallest absolute Gasteiger partial charge is 0.252 e. The minimum absolute atomic E-state index is 0.125. The Morgan fingerprint density at radius 1 is 1.14 bits per heavy atom. The van der Waals surface area contributed by atoms with Crippen LogP contribution in [0.4, 0.5) is 0 Å². The van der Waals surface area contributed by atoms with Crippen molar-refractivity contribution in [1.29, 1.82) is 0 Å². The lowest BCUT2D eigenvalue weighted by Gasteiger charge is -2.33. The Balaban J connectivity index is 1.54. The van der Waals surface area contributed by atoms with E-state index in [1.807, 2.05) is 24.3 Å². The molecule has 1 aliphatic heterocycles. The molecule has 2 aromatic rings. The maximum absolute atomic E-state index is 12.5. The molecule has 28 heavy (non-hydrogen) atoms. The number of hydrogen-bond acceptors (Lipinski definition) is 5. The van der Waals surface area contributed by atoms with Gasteiger partial charge in [-0.3, -0.25) is 4.79 Å². The van der Waals surface area contributed by atoms with Crippen molar-refractivity contribution in [2.24, 2.45) is 0 Å². The Hall–Kier alpha value is -2.42. The van der Waals surface area contributed by atoms with Crippen LogP contribution in [0.1, 0.15) is 5.56 Å². The molecule has 148 valence electrons. The minimum atomic E-state index is -3.46. The van der Waals surface area contributed by atoms with Gasteiger partial charge in [0.25, 0.3) is 10.0 Å². The van der Waals surface area contributed by atoms with Crippen LogP contribution >= 0.6 is 11.3 Å². The van der Waals surface area contributed by atoms with Gasteiger partial charge in [0, 0.05) is 32.3 Å². The summed E-state index contributed by atoms with van der Waals surface area (Å²) in [5, 5.41) is 1.75. The standard InChI is InChI=1S/C20H22N2O4S2/c1-2-15-26-18-8-5-17(6-9-18)7-10-19(23)21-11-13-22(14-12-21)28(24,25)20-4-3-16-27-20/h2-10,16H,1,11-15H2. The van der Waals surface area contributed by atoms with Gasteiger partial charge in [-0.1, -0.05) is 30.9 Å². The Morgan fingerprint density at radius 3 is 2.46 bits per heavy atom. The van der Waals surface area contributed by atoms with Gasteiger partial charge < -0.3 is 9.64 Å². The summed E-state index contributed by atoms with van der Waals surface area (Å²) in [4.78, 5) is 14.1. The van der Waals surface area contributed by atoms with Crippen LogP contribution in [0.25, 0.3) is 6.08 Å². The molecule has 1 amide bonds. The van der Waals surface area contributed by atoms with Gasteiger partial charge in [-0.25, -0.2) is 8.42 Å². The van der Waals surface area contributed by atoms with E-state index in [0.29, 0.717) is 37.0 Å². The third-order valence-electron chi connectivity index (χ3n) is 4.31. The number of hydrogen-bond donors (Lipinski definition) is 0. The molecule has 8 heteroatoms. The van der Waals surface area contributed by atoms with E-state index >= 15 is 0 Å². The second-order valence-electron chi connectivity index (χ2n) is 6.16. The number of rotatable bonds is 7. The van der Waals surface area contributed by atoms with Crippen LogP contribution in [0, 0.1) is 0 Å². The van der Waals surface area contributed by atoms with Gasteiger partial charge in [-0.05, 0) is 35.2 Å². The number of nitrogens with zero attached hydrogens (tertiary/aromatic N) is 2. The zero-order valence-electron chi connectivity index (χ0n) is 15.4. The van der Waals surface area contributed by atoms with E-state index < -0.39 is 10.0 Å². The van der Waals surface area contributed by atoms with Gasteiger partial charge in [-0.15, -0.1) is 11.3 Å². The first-order chi connectivity index (χ1) is 13.5. The SMILES string of the molecule is C=CCOc1ccc(C=CC(=O)N2CCN(S(=O)(=O)c3cccs3)CC2)cc1. The number of ether oxygens (including phenoxy) is 1. The highest BCUT2D eigenvalue weighted by atomic mass is 32.2. The molecule has 6 nitrogen and oxygen atoms in total. The maximum atomic E-state index is 12.5. The molecule has 1 aromatic heterocycles. The normalized spacial score (nSPS) is 15.6. The fraction of sp³-hybridized carbons (Fsp3) is 0.250. The summed E-state index contributed by atoms with van der Waals surface area (Å²) < 4.78 is 32.3. The Labute approximate surface area is 169 Å². The van der Waals surface area contributed by atoms with Crippen LogP contribution in [0.15, 0.2) is 64.7 Å². The lowest BCUT2D eigenvalue weighted by molar-refractivity contribution is -0.127. The number of sulfonamides is 1. The molecule has 0 N–H and O–H groups in total. The molecule has 0 unspecified atom stereocenters. The lowest BCUT2D eigenvalue weighted by atomic mass is 10.2. The number of benzene rings is 1. The largest absolute Gasteiger partial charge is 0.490 e. The van der Waals surface area contributed by atoms with Crippen molar-refractivity contribution in [3.63, 3.8) is 0 Å². The molecule has 0 radical (unpaired) electrons. The third kappa shape index (κ3) is 4.89. The van der Waals surface area contributed by atoms with Crippen LogP contribution in [0.3, 0.4) is 0 Å². The van der Waals surface area contributed by atoms with E-state index in [1.54, 1.807) is 34.6 Å². The average molecular weight is 419 g/mol. The van der Waals surface area contributed by atoms with E-state index in [4.69, 9.17) is 4.74 Å². The third-order valence-corrected chi connectivity index (χ3v) is 7.58. The van der Waals surface area contributed by atoms with E-state index in [9.17, 15) is 13.2 Å². The predicted molar refractivity (Wildman–Crippen MR) is 111 cm³/mol. The zero-order valence-corrected chi connectivity index (χ0v) is 17.0. The van der Waals surface area contributed by atoms with E-state index in [2.05, 4.69) is 6.58 Å². The first-order valence-corrected chi connectivity index (χ1v) is 11.2. The molecule has 0 aliphatic carbocycles. The van der Waals surface area contributed by atoms with Crippen LogP contribution in [-0.2, 0) is 14.8 Å². The van der Waals surface area contributed by atoms with E-state index in [0.717, 1.165) is 11.3 Å². The molecule has 2 heterocycles. The Bertz CT molecular complexity index is 927. The van der Waals surface area contributed by atoms with Crippen LogP contribution in [0.5, 0.6) is 5.75 Å². The highest BCUT2D eigenvalue weighted by Crippen LogP contribution is 2.22. The summed E-state index contributed by atoms with van der Waals surface area (Å²) in [6.07, 6.45) is 4.94. The van der Waals surface area contributed by atoms with Crippen molar-refractivity contribution in [2.45, 2.75) is 4.21 Å². The second-order valence-corrected chi connectivity index (χ2v) is 9.28. The van der Waals surface area contributed by atoms with Crippen molar-refractivity contribution in [3.8, 4) is 5.75 Å². The molecule has 0 spiro atoms. The molecule has 1 fully saturated rings. The van der Waals surface area contributed by atoms with Gasteiger partial charge in [0.05, 0.1) is 0 Å². The first-order valence-electron chi connectivity index (χ1n) is 8.85. The Kier molecular flexibility index (Phi) is 6.66. The molecular formula is C20H22N2O4S2. The summed E-state index contributed by atoms with van der Waals surface area (Å²) in [6, 6.07) is 10.7. The van der Waals surface area contributed by atoms with Crippen molar-refractivity contribution >= 4 is 33.3 Å². The molecule has 1 aliphatic rings. The molecule has 3 rings (SSSR count). The van der Waals surface area contributed by atoms with Gasteiger partial charge in [0.15, 0.2) is 0 Å². The summed E-state index contributed by atoms with van der Waals surface area (Å²) in [5.41, 5.74) is 0.887. The second kappa shape index (κ2) is 9.18. The van der Waals surface area contributed by atoms with Crippen molar-refractivity contribution < 1.29 is 17.9 Å². The highest BCUT2D eigenvalue weighted by molar-refractivity contribution is 7.91. The number of thiophene rings is 1. The number of amides is 1. The van der Waals surface area contributed by atoms with Crippen molar-refractivity contribution in [2.75, 3.05) is 32.8 Å². The highest BCUT2D eigenvalue weighted by Gasteiger charge is 2.30. The molecule has 1 aromatic carbocycles. The zero-order chi connectivity index (χ0) is 20.0. The first kappa shape index (κ1) is 20.3. The van der Waals surface area contributed by atoms with Gasteiger partial charge in [-0.2, -0.15) is 4.31 Å². The summed E-state index contributed by atoms with van der Waals surface area (Å²) >= 11 is 1.21. The van der Waals surface area contributed by atoms with Crippen LogP contribution < -0.4 is 4.74 Å². The molecule has 1 saturated heterocycles. The topological polar surface area (TPSA) is 66.9 Å². The number of carbonyl (C=O) groups is 1. The average Bonchev–Trinajstić information content (AvgIpc) is 3.27. The van der Waals surface area contributed by atoms with Crippen molar-refractivity contribution in [1.82, 2.24) is 9.21 Å². The summed E-state index contributed by atoms with van der Waals surface area (Å²) in [6.45, 7) is 5.41. The maximum Gasteiger partial charge on any atom is 0.252 e. The molecular weight excluding hydrogens is 396 g/mol. The summed E-state index contributed by atoms with van der Waals surface area (Å²) in [5.74, 6) is 0.617. The Morgan fingerprint density at radius 2 is 1.86 bits per heavy atom. The fourth-order valence-corrected chi connectivity index (χ4v) is 5.36. The number of carbonyl (C=O) groups excluding carboxylic acids is 1. The monoisotopic (exact) mass is 418 g/mol. The quantitative estimate of drug-likeness (QED) is 0.512. The van der Waals surface area contributed by atoms with E-state index in [-0.39, 0.29) is 5.91 Å². The molecule has 0 bridgehead atoms.